The molecule has 0 aliphatic rings. The number of hydrogen-bond donors (Lipinski definition) is 3. The van der Waals surface area contributed by atoms with Crippen molar-refractivity contribution in [3.8, 4) is 0 Å². The molecule has 0 amide bonds. The normalized spacial score (nSPS) is 10.2. The number of para-hydroxylation sites is 1. The Kier molecular flexibility index (Phi) is 3.62. The summed E-state index contributed by atoms with van der Waals surface area (Å²) in [5.41, 5.74) is 15.5. The van der Waals surface area contributed by atoms with Crippen molar-refractivity contribution in [3.05, 3.63) is 59.7 Å². The molecule has 0 radical (unpaired) electrons. The molecule has 0 aliphatic carbocycles. The Labute approximate surface area is 101 Å². The Hall–Kier alpha value is -2.00. The summed E-state index contributed by atoms with van der Waals surface area (Å²) in [5.74, 6) is 0. The molecule has 0 saturated carbocycles. The molecule has 2 rings (SSSR count). The maximum absolute atomic E-state index is 5.68. The summed E-state index contributed by atoms with van der Waals surface area (Å²) >= 11 is 0. The fraction of sp³-hybridized carbons (Fsp3) is 0.143. The van der Waals surface area contributed by atoms with Crippen molar-refractivity contribution in [1.82, 2.24) is 0 Å². The molecule has 17 heavy (non-hydrogen) atoms. The molecule has 2 aromatic rings. The van der Waals surface area contributed by atoms with Gasteiger partial charge in [-0.25, -0.2) is 0 Å². The summed E-state index contributed by atoms with van der Waals surface area (Å²) in [5, 5.41) is 3.38. The SMILES string of the molecule is NCc1ccccc1NCc1ccc(N)cc1. The zero-order valence-corrected chi connectivity index (χ0v) is 9.69. The minimum atomic E-state index is 0.547. The molecule has 3 heteroatoms. The number of nitrogens with two attached hydrogens (primary N) is 2. The van der Waals surface area contributed by atoms with Crippen LogP contribution in [-0.4, -0.2) is 0 Å². The monoisotopic (exact) mass is 227 g/mol. The van der Waals surface area contributed by atoms with Crippen LogP contribution in [-0.2, 0) is 13.1 Å². The van der Waals surface area contributed by atoms with Gasteiger partial charge >= 0.3 is 0 Å². The van der Waals surface area contributed by atoms with Crippen LogP contribution < -0.4 is 16.8 Å². The molecule has 2 aromatic carbocycles. The van der Waals surface area contributed by atoms with Crippen LogP contribution in [0.15, 0.2) is 48.5 Å². The van der Waals surface area contributed by atoms with E-state index in [1.165, 1.54) is 5.56 Å². The highest BCUT2D eigenvalue weighted by Crippen LogP contribution is 2.15. The maximum atomic E-state index is 5.68. The van der Waals surface area contributed by atoms with Gasteiger partial charge in [-0.1, -0.05) is 30.3 Å². The Morgan fingerprint density at radius 1 is 0.941 bits per heavy atom. The third-order valence-electron chi connectivity index (χ3n) is 2.70. The molecule has 5 N–H and O–H groups in total. The smallest absolute Gasteiger partial charge is 0.0400 e. The van der Waals surface area contributed by atoms with Crippen LogP contribution >= 0.6 is 0 Å². The van der Waals surface area contributed by atoms with E-state index in [1.807, 2.05) is 48.5 Å². The lowest BCUT2D eigenvalue weighted by Crippen LogP contribution is -2.05. The predicted molar refractivity (Wildman–Crippen MR) is 72.5 cm³/mol. The van der Waals surface area contributed by atoms with Crippen molar-refractivity contribution in [2.75, 3.05) is 11.1 Å². The van der Waals surface area contributed by atoms with Gasteiger partial charge in [0.1, 0.15) is 0 Å². The molecule has 0 unspecified atom stereocenters. The zero-order chi connectivity index (χ0) is 12.1. The van der Waals surface area contributed by atoms with Gasteiger partial charge in [0.05, 0.1) is 0 Å². The minimum absolute atomic E-state index is 0.547. The summed E-state index contributed by atoms with van der Waals surface area (Å²) in [7, 11) is 0. The van der Waals surface area contributed by atoms with Crippen LogP contribution in [0.2, 0.25) is 0 Å². The third-order valence-corrected chi connectivity index (χ3v) is 2.70. The molecule has 0 aliphatic heterocycles. The molecule has 0 aromatic heterocycles. The van der Waals surface area contributed by atoms with Crippen molar-refractivity contribution >= 4 is 11.4 Å². The molecule has 3 nitrogen and oxygen atoms in total. The van der Waals surface area contributed by atoms with Crippen LogP contribution in [0.5, 0.6) is 0 Å². The van der Waals surface area contributed by atoms with Gasteiger partial charge in [0.2, 0.25) is 0 Å². The topological polar surface area (TPSA) is 64.1 Å². The standard InChI is InChI=1S/C14H17N3/c15-9-12-3-1-2-4-14(12)17-10-11-5-7-13(16)8-6-11/h1-8,17H,9-10,15-16H2. The van der Waals surface area contributed by atoms with Gasteiger partial charge < -0.3 is 16.8 Å². The van der Waals surface area contributed by atoms with Crippen molar-refractivity contribution < 1.29 is 0 Å². The van der Waals surface area contributed by atoms with Crippen LogP contribution in [0.3, 0.4) is 0 Å². The lowest BCUT2D eigenvalue weighted by atomic mass is 10.1. The summed E-state index contributed by atoms with van der Waals surface area (Å²) in [6, 6.07) is 15.9. The van der Waals surface area contributed by atoms with E-state index in [2.05, 4.69) is 5.32 Å². The van der Waals surface area contributed by atoms with E-state index in [4.69, 9.17) is 11.5 Å². The van der Waals surface area contributed by atoms with Crippen molar-refractivity contribution in [2.24, 2.45) is 5.73 Å². The first kappa shape index (κ1) is 11.5. The van der Waals surface area contributed by atoms with Gasteiger partial charge in [-0.2, -0.15) is 0 Å². The second-order valence-electron chi connectivity index (χ2n) is 3.96. The second-order valence-corrected chi connectivity index (χ2v) is 3.96. The molecular formula is C14H17N3. The van der Waals surface area contributed by atoms with Gasteiger partial charge in [-0.05, 0) is 29.3 Å². The highest BCUT2D eigenvalue weighted by atomic mass is 14.9. The first-order valence-corrected chi connectivity index (χ1v) is 5.66. The number of nitrogen functional groups attached to an aromatic ring is 1. The largest absolute Gasteiger partial charge is 0.399 e. The quantitative estimate of drug-likeness (QED) is 0.702. The molecule has 0 atom stereocenters. The molecule has 0 bridgehead atoms. The lowest BCUT2D eigenvalue weighted by Gasteiger charge is -2.10. The predicted octanol–water partition coefficient (Wildman–Crippen LogP) is 2.34. The number of hydrogen-bond acceptors (Lipinski definition) is 3. The number of benzene rings is 2. The lowest BCUT2D eigenvalue weighted by molar-refractivity contribution is 1.05. The van der Waals surface area contributed by atoms with Crippen LogP contribution in [0.1, 0.15) is 11.1 Å². The summed E-state index contributed by atoms with van der Waals surface area (Å²) in [4.78, 5) is 0. The maximum Gasteiger partial charge on any atom is 0.0400 e. The molecule has 0 fully saturated rings. The average molecular weight is 227 g/mol. The fourth-order valence-corrected chi connectivity index (χ4v) is 1.70. The molecule has 0 heterocycles. The summed E-state index contributed by atoms with van der Waals surface area (Å²) in [6.45, 7) is 1.32. The van der Waals surface area contributed by atoms with Crippen molar-refractivity contribution in [1.29, 1.82) is 0 Å². The Morgan fingerprint density at radius 3 is 2.35 bits per heavy atom. The molecule has 88 valence electrons. The summed E-state index contributed by atoms with van der Waals surface area (Å²) < 4.78 is 0. The van der Waals surface area contributed by atoms with E-state index in [0.717, 1.165) is 23.5 Å². The van der Waals surface area contributed by atoms with Gasteiger partial charge in [0, 0.05) is 24.5 Å². The van der Waals surface area contributed by atoms with Crippen LogP contribution in [0.4, 0.5) is 11.4 Å². The van der Waals surface area contributed by atoms with E-state index < -0.39 is 0 Å². The first-order chi connectivity index (χ1) is 8.29. The third kappa shape index (κ3) is 2.98. The van der Waals surface area contributed by atoms with Crippen LogP contribution in [0, 0.1) is 0 Å². The minimum Gasteiger partial charge on any atom is -0.399 e. The van der Waals surface area contributed by atoms with Gasteiger partial charge in [0.15, 0.2) is 0 Å². The first-order valence-electron chi connectivity index (χ1n) is 5.66. The Bertz CT molecular complexity index is 477. The molecule has 0 saturated heterocycles. The van der Waals surface area contributed by atoms with Gasteiger partial charge in [-0.3, -0.25) is 0 Å². The van der Waals surface area contributed by atoms with Crippen LogP contribution in [0.25, 0.3) is 0 Å². The average Bonchev–Trinajstić information content (AvgIpc) is 2.38. The molecule has 0 spiro atoms. The Balaban J connectivity index is 2.04. The highest BCUT2D eigenvalue weighted by molar-refractivity contribution is 5.51. The highest BCUT2D eigenvalue weighted by Gasteiger charge is 1.99. The number of anilines is 2. The summed E-state index contributed by atoms with van der Waals surface area (Å²) in [6.07, 6.45) is 0. The second kappa shape index (κ2) is 5.37. The number of nitrogens with one attached hydrogen (secondary N) is 1. The Morgan fingerprint density at radius 2 is 1.65 bits per heavy atom. The zero-order valence-electron chi connectivity index (χ0n) is 9.69. The van der Waals surface area contributed by atoms with E-state index in [1.54, 1.807) is 0 Å². The van der Waals surface area contributed by atoms with E-state index in [9.17, 15) is 0 Å². The number of rotatable bonds is 4. The van der Waals surface area contributed by atoms with E-state index in [0.29, 0.717) is 6.54 Å². The van der Waals surface area contributed by atoms with Crippen molar-refractivity contribution in [3.63, 3.8) is 0 Å². The van der Waals surface area contributed by atoms with Gasteiger partial charge in [-0.15, -0.1) is 0 Å². The molecular weight excluding hydrogens is 210 g/mol. The van der Waals surface area contributed by atoms with Gasteiger partial charge in [0.25, 0.3) is 0 Å². The van der Waals surface area contributed by atoms with E-state index >= 15 is 0 Å². The van der Waals surface area contributed by atoms with Crippen molar-refractivity contribution in [2.45, 2.75) is 13.1 Å². The van der Waals surface area contributed by atoms with E-state index in [-0.39, 0.29) is 0 Å². The fourth-order valence-electron chi connectivity index (χ4n) is 1.70.